The van der Waals surface area contributed by atoms with Crippen LogP contribution in [0.2, 0.25) is 0 Å². The third-order valence-electron chi connectivity index (χ3n) is 6.57. The number of nitrogens with zero attached hydrogens (tertiary/aromatic N) is 3. The quantitative estimate of drug-likeness (QED) is 0.357. The number of nitrogens with one attached hydrogen (secondary N) is 1. The number of carboxylic acids is 1. The van der Waals surface area contributed by atoms with Crippen LogP contribution in [0.15, 0.2) is 79.0 Å². The molecule has 2 aromatic heterocycles. The Hall–Kier alpha value is -3.97. The normalized spacial score (nSPS) is 17.5. The summed E-state index contributed by atoms with van der Waals surface area (Å²) in [6.45, 7) is 6.23. The van der Waals surface area contributed by atoms with Crippen LogP contribution in [0.5, 0.6) is 0 Å². The van der Waals surface area contributed by atoms with Gasteiger partial charge in [0.1, 0.15) is 0 Å². The van der Waals surface area contributed by atoms with Crippen molar-refractivity contribution in [3.05, 3.63) is 113 Å². The van der Waals surface area contributed by atoms with E-state index in [0.29, 0.717) is 5.11 Å². The summed E-state index contributed by atoms with van der Waals surface area (Å²) in [6, 6.07) is 23.2. The average Bonchev–Trinajstić information content (AvgIpc) is 3.35. The van der Waals surface area contributed by atoms with E-state index in [1.807, 2.05) is 30.3 Å². The fourth-order valence-corrected chi connectivity index (χ4v) is 5.24. The summed E-state index contributed by atoms with van der Waals surface area (Å²) in [4.78, 5) is 18.1. The summed E-state index contributed by atoms with van der Waals surface area (Å²) >= 11 is 5.85. The summed E-state index contributed by atoms with van der Waals surface area (Å²) < 4.78 is 2.16. The molecule has 176 valence electrons. The predicted octanol–water partition coefficient (Wildman–Crippen LogP) is 5.67. The minimum atomic E-state index is -0.935. The molecule has 2 aromatic carbocycles. The van der Waals surface area contributed by atoms with Crippen molar-refractivity contribution in [1.29, 1.82) is 0 Å². The second kappa shape index (κ2) is 9.00. The summed E-state index contributed by atoms with van der Waals surface area (Å²) in [5.41, 5.74) is 7.57. The lowest BCUT2D eigenvalue weighted by Gasteiger charge is -2.28. The Bertz CT molecular complexity index is 1400. The molecule has 2 atom stereocenters. The number of hydrogen-bond acceptors (Lipinski definition) is 3. The molecule has 0 saturated carbocycles. The number of benzene rings is 2. The highest BCUT2D eigenvalue weighted by Crippen LogP contribution is 2.43. The Kier molecular flexibility index (Phi) is 5.86. The number of carbonyl (C=O) groups is 1. The lowest BCUT2D eigenvalue weighted by atomic mass is 9.96. The van der Waals surface area contributed by atoms with Crippen molar-refractivity contribution in [2.75, 3.05) is 4.90 Å². The Morgan fingerprint density at radius 3 is 2.29 bits per heavy atom. The van der Waals surface area contributed by atoms with E-state index >= 15 is 0 Å². The van der Waals surface area contributed by atoms with Crippen molar-refractivity contribution in [3.8, 4) is 5.69 Å². The van der Waals surface area contributed by atoms with Gasteiger partial charge in [-0.3, -0.25) is 4.98 Å². The molecule has 0 radical (unpaired) electrons. The number of carboxylic acid groups (broad SMARTS) is 1. The van der Waals surface area contributed by atoms with E-state index in [0.717, 1.165) is 34.0 Å². The van der Waals surface area contributed by atoms with Gasteiger partial charge in [0, 0.05) is 29.0 Å². The molecule has 35 heavy (non-hydrogen) atoms. The van der Waals surface area contributed by atoms with Crippen LogP contribution >= 0.6 is 12.2 Å². The maximum absolute atomic E-state index is 11.3. The number of hydrogen-bond donors (Lipinski definition) is 2. The first-order chi connectivity index (χ1) is 16.8. The molecule has 1 aliphatic heterocycles. The van der Waals surface area contributed by atoms with Gasteiger partial charge in [0.25, 0.3) is 0 Å². The van der Waals surface area contributed by atoms with Gasteiger partial charge in [-0.1, -0.05) is 23.8 Å². The largest absolute Gasteiger partial charge is 0.478 e. The van der Waals surface area contributed by atoms with Crippen molar-refractivity contribution in [1.82, 2.24) is 14.9 Å². The number of aromatic carboxylic acids is 1. The molecule has 1 fully saturated rings. The molecule has 2 unspecified atom stereocenters. The van der Waals surface area contributed by atoms with Gasteiger partial charge < -0.3 is 19.9 Å². The molecule has 7 heteroatoms. The van der Waals surface area contributed by atoms with Crippen LogP contribution < -0.4 is 10.2 Å². The SMILES string of the molecule is Cc1ccc(N2C(=S)NC(c3ccccn3)C2c2cc(C)n(-c3ccc(C(=O)O)cc3)c2C)cc1. The maximum Gasteiger partial charge on any atom is 0.335 e. The van der Waals surface area contributed by atoms with E-state index in [-0.39, 0.29) is 17.6 Å². The van der Waals surface area contributed by atoms with Crippen LogP contribution in [0.4, 0.5) is 5.69 Å². The first kappa shape index (κ1) is 22.8. The molecule has 2 N–H and O–H groups in total. The van der Waals surface area contributed by atoms with Gasteiger partial charge in [-0.15, -0.1) is 0 Å². The second-order valence-electron chi connectivity index (χ2n) is 8.85. The Morgan fingerprint density at radius 1 is 0.971 bits per heavy atom. The third kappa shape index (κ3) is 4.08. The van der Waals surface area contributed by atoms with Gasteiger partial charge in [0.15, 0.2) is 5.11 Å². The maximum atomic E-state index is 11.3. The fourth-order valence-electron chi connectivity index (χ4n) is 4.89. The summed E-state index contributed by atoms with van der Waals surface area (Å²) in [5, 5.41) is 13.5. The van der Waals surface area contributed by atoms with Crippen molar-refractivity contribution in [2.24, 2.45) is 0 Å². The summed E-state index contributed by atoms with van der Waals surface area (Å²) in [6.07, 6.45) is 1.80. The molecule has 0 spiro atoms. The summed E-state index contributed by atoms with van der Waals surface area (Å²) in [7, 11) is 0. The van der Waals surface area contributed by atoms with Gasteiger partial charge >= 0.3 is 5.97 Å². The molecule has 4 aromatic rings. The molecule has 0 aliphatic carbocycles. The van der Waals surface area contributed by atoms with Crippen LogP contribution in [0, 0.1) is 20.8 Å². The van der Waals surface area contributed by atoms with Gasteiger partial charge in [-0.25, -0.2) is 4.79 Å². The van der Waals surface area contributed by atoms with Crippen LogP contribution in [-0.4, -0.2) is 25.7 Å². The highest BCUT2D eigenvalue weighted by molar-refractivity contribution is 7.80. The molecule has 0 bridgehead atoms. The molecule has 5 rings (SSSR count). The number of aromatic nitrogens is 2. The van der Waals surface area contributed by atoms with E-state index in [1.165, 1.54) is 5.56 Å². The van der Waals surface area contributed by atoms with E-state index in [9.17, 15) is 9.90 Å². The van der Waals surface area contributed by atoms with E-state index in [1.54, 1.807) is 18.3 Å². The first-order valence-corrected chi connectivity index (χ1v) is 11.9. The lowest BCUT2D eigenvalue weighted by Crippen LogP contribution is -2.29. The van der Waals surface area contributed by atoms with Gasteiger partial charge in [-0.05, 0) is 93.1 Å². The fraction of sp³-hybridized carbons (Fsp3) is 0.179. The van der Waals surface area contributed by atoms with Crippen LogP contribution in [0.3, 0.4) is 0 Å². The van der Waals surface area contributed by atoms with Crippen LogP contribution in [-0.2, 0) is 0 Å². The van der Waals surface area contributed by atoms with Crippen molar-refractivity contribution < 1.29 is 9.90 Å². The number of anilines is 1. The molecule has 0 amide bonds. The monoisotopic (exact) mass is 482 g/mol. The highest BCUT2D eigenvalue weighted by Gasteiger charge is 2.42. The molecular formula is C28H26N4O2S. The molecule has 1 aliphatic rings. The molecule has 1 saturated heterocycles. The van der Waals surface area contributed by atoms with E-state index in [2.05, 4.69) is 70.9 Å². The number of thiocarbonyl (C=S) groups is 1. The number of rotatable bonds is 5. The van der Waals surface area contributed by atoms with Gasteiger partial charge in [0.2, 0.25) is 0 Å². The zero-order chi connectivity index (χ0) is 24.7. The Balaban J connectivity index is 1.65. The van der Waals surface area contributed by atoms with Crippen LogP contribution in [0.25, 0.3) is 5.69 Å². The highest BCUT2D eigenvalue weighted by atomic mass is 32.1. The molecule has 6 nitrogen and oxygen atoms in total. The number of pyridine rings is 1. The zero-order valence-electron chi connectivity index (χ0n) is 19.8. The minimum absolute atomic E-state index is 0.113. The average molecular weight is 483 g/mol. The first-order valence-electron chi connectivity index (χ1n) is 11.4. The third-order valence-corrected chi connectivity index (χ3v) is 6.89. The Labute approximate surface area is 209 Å². The van der Waals surface area contributed by atoms with Gasteiger partial charge in [0.05, 0.1) is 23.3 Å². The second-order valence-corrected chi connectivity index (χ2v) is 9.23. The molecular weight excluding hydrogens is 456 g/mol. The predicted molar refractivity (Wildman–Crippen MR) is 141 cm³/mol. The van der Waals surface area contributed by atoms with E-state index in [4.69, 9.17) is 12.2 Å². The topological polar surface area (TPSA) is 70.4 Å². The summed E-state index contributed by atoms with van der Waals surface area (Å²) in [5.74, 6) is -0.935. The van der Waals surface area contributed by atoms with E-state index < -0.39 is 5.97 Å². The minimum Gasteiger partial charge on any atom is -0.478 e. The number of aryl methyl sites for hydroxylation is 2. The van der Waals surface area contributed by atoms with Gasteiger partial charge in [-0.2, -0.15) is 0 Å². The lowest BCUT2D eigenvalue weighted by molar-refractivity contribution is 0.0697. The Morgan fingerprint density at radius 2 is 1.66 bits per heavy atom. The zero-order valence-corrected chi connectivity index (χ0v) is 20.6. The van der Waals surface area contributed by atoms with Crippen molar-refractivity contribution >= 4 is 29.0 Å². The van der Waals surface area contributed by atoms with Crippen LogP contribution in [0.1, 0.15) is 50.7 Å². The molecule has 3 heterocycles. The smallest absolute Gasteiger partial charge is 0.335 e. The van der Waals surface area contributed by atoms with Crippen molar-refractivity contribution in [3.63, 3.8) is 0 Å². The van der Waals surface area contributed by atoms with Crippen molar-refractivity contribution in [2.45, 2.75) is 32.9 Å². The standard InChI is InChI=1S/C28H26N4O2S/c1-17-7-11-22(12-8-17)32-26(25(30-28(32)35)24-6-4-5-15-29-24)23-16-18(2)31(19(23)3)21-13-9-20(10-14-21)27(33)34/h4-16,25-26H,1-3H3,(H,30,35)(H,33,34).